The quantitative estimate of drug-likeness (QED) is 0.758. The molecule has 0 amide bonds. The first-order chi connectivity index (χ1) is 13.0. The minimum absolute atomic E-state index is 0.0476. The van der Waals surface area contributed by atoms with E-state index in [4.69, 9.17) is 9.40 Å². The van der Waals surface area contributed by atoms with E-state index in [1.54, 1.807) is 13.1 Å². The maximum absolute atomic E-state index is 14.1. The Morgan fingerprint density at radius 2 is 2.04 bits per heavy atom. The summed E-state index contributed by atoms with van der Waals surface area (Å²) in [6, 6.07) is 0.0709. The highest BCUT2D eigenvalue weighted by Crippen LogP contribution is 2.47. The van der Waals surface area contributed by atoms with Gasteiger partial charge in [0.2, 0.25) is 12.3 Å². The van der Waals surface area contributed by atoms with Crippen LogP contribution in [0.25, 0.3) is 11.0 Å². The molecule has 0 saturated heterocycles. The van der Waals surface area contributed by atoms with E-state index in [-0.39, 0.29) is 23.4 Å². The molecule has 2 atom stereocenters. The number of nitrogens with one attached hydrogen (secondary N) is 1. The van der Waals surface area contributed by atoms with E-state index in [1.807, 2.05) is 4.68 Å². The van der Waals surface area contributed by atoms with Gasteiger partial charge in [0.1, 0.15) is 16.9 Å². The lowest BCUT2D eigenvalue weighted by Crippen LogP contribution is -2.29. The number of halogens is 1. The zero-order valence-electron chi connectivity index (χ0n) is 15.1. The van der Waals surface area contributed by atoms with Crippen LogP contribution < -0.4 is 5.56 Å². The highest BCUT2D eigenvalue weighted by atomic mass is 19.1. The maximum atomic E-state index is 14.1. The van der Waals surface area contributed by atoms with E-state index in [1.165, 1.54) is 6.39 Å². The average molecular weight is 372 g/mol. The molecular weight excluding hydrogens is 351 g/mol. The van der Waals surface area contributed by atoms with E-state index in [0.717, 1.165) is 12.8 Å². The van der Waals surface area contributed by atoms with Gasteiger partial charge in [-0.05, 0) is 45.4 Å². The third-order valence-corrected chi connectivity index (χ3v) is 6.14. The topological polar surface area (TPSA) is 102 Å². The van der Waals surface area contributed by atoms with Gasteiger partial charge in [-0.25, -0.2) is 14.1 Å². The second-order valence-electron chi connectivity index (χ2n) is 7.99. The van der Waals surface area contributed by atoms with Crippen molar-refractivity contribution in [1.82, 2.24) is 29.9 Å². The molecule has 0 spiro atoms. The van der Waals surface area contributed by atoms with Crippen molar-refractivity contribution < 1.29 is 8.81 Å². The van der Waals surface area contributed by atoms with Crippen molar-refractivity contribution in [2.75, 3.05) is 0 Å². The molecule has 8 nitrogen and oxygen atoms in total. The molecule has 2 fully saturated rings. The number of alkyl halides is 1. The van der Waals surface area contributed by atoms with E-state index >= 15 is 0 Å². The summed E-state index contributed by atoms with van der Waals surface area (Å²) in [7, 11) is 0. The van der Waals surface area contributed by atoms with Gasteiger partial charge in [-0.15, -0.1) is 10.2 Å². The van der Waals surface area contributed by atoms with E-state index in [0.29, 0.717) is 48.4 Å². The Morgan fingerprint density at radius 3 is 2.70 bits per heavy atom. The van der Waals surface area contributed by atoms with Gasteiger partial charge in [0.05, 0.1) is 12.2 Å². The predicted octanol–water partition coefficient (Wildman–Crippen LogP) is 3.01. The standard InChI is InChI=1S/C18H21FN6O2/c1-18(19)6-4-10(5-7-18)25-15-13(8-21-25)16(26)23-14(22-15)11-2-3-12(11)17-24-20-9-27-17/h8-12H,2-7H2,1H3,(H,22,23,26)/t10?,11-,12+,18?/m1/s1. The van der Waals surface area contributed by atoms with Gasteiger partial charge < -0.3 is 9.40 Å². The largest absolute Gasteiger partial charge is 0.428 e. The van der Waals surface area contributed by atoms with Gasteiger partial charge in [-0.1, -0.05) is 0 Å². The minimum atomic E-state index is -1.11. The number of hydrogen-bond acceptors (Lipinski definition) is 6. The van der Waals surface area contributed by atoms with Gasteiger partial charge in [0.25, 0.3) is 5.56 Å². The molecule has 27 heavy (non-hydrogen) atoms. The van der Waals surface area contributed by atoms with Crippen molar-refractivity contribution in [3.05, 3.63) is 34.7 Å². The first-order valence-corrected chi connectivity index (χ1v) is 9.44. The highest BCUT2D eigenvalue weighted by Gasteiger charge is 2.39. The SMILES string of the molecule is CC1(F)CCC(n2ncc3c(=O)[nH]c([C@@H]4CC[C@@H]4c4nnco4)nc32)CC1. The zero-order chi connectivity index (χ0) is 18.6. The fourth-order valence-electron chi connectivity index (χ4n) is 4.31. The number of hydrogen-bond donors (Lipinski definition) is 1. The molecule has 2 saturated carbocycles. The third-order valence-electron chi connectivity index (χ3n) is 6.14. The van der Waals surface area contributed by atoms with Gasteiger partial charge in [0.15, 0.2) is 5.65 Å². The fourth-order valence-corrected chi connectivity index (χ4v) is 4.31. The maximum Gasteiger partial charge on any atom is 0.262 e. The zero-order valence-corrected chi connectivity index (χ0v) is 15.1. The lowest BCUT2D eigenvalue weighted by molar-refractivity contribution is 0.103. The molecule has 0 radical (unpaired) electrons. The molecule has 0 aromatic carbocycles. The van der Waals surface area contributed by atoms with Crippen molar-refractivity contribution in [3.63, 3.8) is 0 Å². The molecule has 142 valence electrons. The summed E-state index contributed by atoms with van der Waals surface area (Å²) in [5.41, 5.74) is -0.723. The molecule has 9 heteroatoms. The van der Waals surface area contributed by atoms with Gasteiger partial charge >= 0.3 is 0 Å². The smallest absolute Gasteiger partial charge is 0.262 e. The number of rotatable bonds is 3. The van der Waals surface area contributed by atoms with Crippen molar-refractivity contribution in [3.8, 4) is 0 Å². The number of aromatic amines is 1. The van der Waals surface area contributed by atoms with Gasteiger partial charge in [-0.2, -0.15) is 5.10 Å². The molecule has 2 aliphatic rings. The van der Waals surface area contributed by atoms with Crippen LogP contribution in [0.1, 0.15) is 75.0 Å². The highest BCUT2D eigenvalue weighted by molar-refractivity contribution is 5.73. The minimum Gasteiger partial charge on any atom is -0.428 e. The van der Waals surface area contributed by atoms with Crippen molar-refractivity contribution >= 4 is 11.0 Å². The van der Waals surface area contributed by atoms with E-state index in [9.17, 15) is 9.18 Å². The average Bonchev–Trinajstić information content (AvgIpc) is 3.24. The van der Waals surface area contributed by atoms with Crippen LogP contribution in [0, 0.1) is 0 Å². The number of nitrogens with zero attached hydrogens (tertiary/aromatic N) is 5. The summed E-state index contributed by atoms with van der Waals surface area (Å²) < 4.78 is 21.3. The van der Waals surface area contributed by atoms with Crippen LogP contribution in [0.15, 0.2) is 21.8 Å². The summed E-state index contributed by atoms with van der Waals surface area (Å²) in [6.45, 7) is 1.65. The Morgan fingerprint density at radius 1 is 1.26 bits per heavy atom. The normalized spacial score (nSPS) is 31.1. The molecule has 1 N–H and O–H groups in total. The van der Waals surface area contributed by atoms with Gasteiger partial charge in [0, 0.05) is 11.8 Å². The van der Waals surface area contributed by atoms with Crippen LogP contribution >= 0.6 is 0 Å². The van der Waals surface area contributed by atoms with Crippen molar-refractivity contribution in [1.29, 1.82) is 0 Å². The third kappa shape index (κ3) is 2.76. The molecule has 3 aromatic heterocycles. The summed E-state index contributed by atoms with van der Waals surface area (Å²) in [6.07, 6.45) is 7.09. The molecule has 0 aliphatic heterocycles. The first kappa shape index (κ1) is 16.6. The van der Waals surface area contributed by atoms with Crippen LogP contribution in [0.4, 0.5) is 4.39 Å². The van der Waals surface area contributed by atoms with E-state index < -0.39 is 5.67 Å². The van der Waals surface area contributed by atoms with Crippen LogP contribution in [0.2, 0.25) is 0 Å². The Hall–Kier alpha value is -2.58. The Balaban J connectivity index is 1.50. The van der Waals surface area contributed by atoms with Crippen LogP contribution in [0.3, 0.4) is 0 Å². The lowest BCUT2D eigenvalue weighted by Gasteiger charge is -2.33. The molecular formula is C18H21FN6O2. The van der Waals surface area contributed by atoms with Crippen molar-refractivity contribution in [2.45, 2.75) is 69.0 Å². The first-order valence-electron chi connectivity index (χ1n) is 9.44. The van der Waals surface area contributed by atoms with Gasteiger partial charge in [-0.3, -0.25) is 4.79 Å². The predicted molar refractivity (Wildman–Crippen MR) is 94.2 cm³/mol. The molecule has 0 unspecified atom stereocenters. The molecule has 2 aliphatic carbocycles. The lowest BCUT2D eigenvalue weighted by atomic mass is 9.73. The molecule has 3 heterocycles. The Kier molecular flexibility index (Phi) is 3.66. The Labute approximate surface area is 154 Å². The molecule has 0 bridgehead atoms. The van der Waals surface area contributed by atoms with E-state index in [2.05, 4.69) is 20.3 Å². The second kappa shape index (κ2) is 5.97. The summed E-state index contributed by atoms with van der Waals surface area (Å²) in [5, 5.41) is 12.6. The monoisotopic (exact) mass is 372 g/mol. The van der Waals surface area contributed by atoms with Crippen LogP contribution in [-0.2, 0) is 0 Å². The number of fused-ring (bicyclic) bond motifs is 1. The summed E-state index contributed by atoms with van der Waals surface area (Å²) in [4.78, 5) is 20.2. The van der Waals surface area contributed by atoms with Crippen LogP contribution in [0.5, 0.6) is 0 Å². The summed E-state index contributed by atoms with van der Waals surface area (Å²) in [5.74, 6) is 1.34. The number of H-pyrrole nitrogens is 1. The fraction of sp³-hybridized carbons (Fsp3) is 0.611. The molecule has 5 rings (SSSR count). The van der Waals surface area contributed by atoms with Crippen LogP contribution in [-0.4, -0.2) is 35.6 Å². The second-order valence-corrected chi connectivity index (χ2v) is 7.99. The van der Waals surface area contributed by atoms with Crippen molar-refractivity contribution in [2.24, 2.45) is 0 Å². The Bertz CT molecular complexity index is 1010. The summed E-state index contributed by atoms with van der Waals surface area (Å²) >= 11 is 0. The molecule has 3 aromatic rings. The number of aromatic nitrogens is 6.